The molecule has 3 aliphatic carbocycles. The number of pyridine rings is 3. The fourth-order valence-electron chi connectivity index (χ4n) is 12.5. The largest absolute Gasteiger partial charge is 0.310 e. The zero-order valence-electron chi connectivity index (χ0n) is 34.4. The van der Waals surface area contributed by atoms with Crippen LogP contribution in [0.5, 0.6) is 0 Å². The van der Waals surface area contributed by atoms with Crippen molar-refractivity contribution in [3.63, 3.8) is 0 Å². The average Bonchev–Trinajstić information content (AvgIpc) is 4.05. The Labute approximate surface area is 369 Å². The molecule has 1 atom stereocenters. The number of fused-ring (bicyclic) bond motifs is 22. The molecule has 4 aliphatic rings. The maximum absolute atomic E-state index is 5.45. The van der Waals surface area contributed by atoms with E-state index >= 15 is 0 Å². The van der Waals surface area contributed by atoms with Crippen molar-refractivity contribution in [2.75, 3.05) is 4.90 Å². The molecule has 0 fully saturated rings. The lowest BCUT2D eigenvalue weighted by molar-refractivity contribution is 0.743. The van der Waals surface area contributed by atoms with Crippen LogP contribution < -0.4 is 4.90 Å². The van der Waals surface area contributed by atoms with Gasteiger partial charge in [0, 0.05) is 40.6 Å². The minimum Gasteiger partial charge on any atom is -0.310 e. The summed E-state index contributed by atoms with van der Waals surface area (Å²) >= 11 is 0. The second-order valence-electron chi connectivity index (χ2n) is 17.5. The van der Waals surface area contributed by atoms with Crippen LogP contribution in [-0.4, -0.2) is 19.5 Å². The molecule has 2 spiro atoms. The second-order valence-corrected chi connectivity index (χ2v) is 17.5. The van der Waals surface area contributed by atoms with Crippen molar-refractivity contribution in [2.24, 2.45) is 0 Å². The first-order chi connectivity index (χ1) is 31.8. The van der Waals surface area contributed by atoms with Gasteiger partial charge >= 0.3 is 0 Å². The van der Waals surface area contributed by atoms with Crippen LogP contribution in [0.1, 0.15) is 44.5 Å². The fourth-order valence-corrected chi connectivity index (χ4v) is 12.5. The van der Waals surface area contributed by atoms with Crippen LogP contribution >= 0.6 is 0 Å². The van der Waals surface area contributed by atoms with Gasteiger partial charge < -0.3 is 9.47 Å². The number of anilines is 3. The van der Waals surface area contributed by atoms with Gasteiger partial charge in [-0.3, -0.25) is 15.0 Å². The van der Waals surface area contributed by atoms with Gasteiger partial charge in [0.05, 0.1) is 56.5 Å². The van der Waals surface area contributed by atoms with Gasteiger partial charge in [0.25, 0.3) is 0 Å². The molecular formula is C59H35N5. The molecule has 15 rings (SSSR count). The van der Waals surface area contributed by atoms with Gasteiger partial charge in [0.2, 0.25) is 0 Å². The maximum Gasteiger partial charge on any atom is 0.0939 e. The summed E-state index contributed by atoms with van der Waals surface area (Å²) in [5, 5.41) is 2.28. The van der Waals surface area contributed by atoms with Crippen LogP contribution in [0.3, 0.4) is 0 Å². The van der Waals surface area contributed by atoms with Crippen LogP contribution in [0.4, 0.5) is 17.1 Å². The molecule has 0 bridgehead atoms. The van der Waals surface area contributed by atoms with Crippen molar-refractivity contribution in [3.8, 4) is 39.3 Å². The summed E-state index contributed by atoms with van der Waals surface area (Å²) in [5.41, 5.74) is 22.2. The number of hydrogen-bond acceptors (Lipinski definition) is 4. The first kappa shape index (κ1) is 34.2. The van der Waals surface area contributed by atoms with E-state index < -0.39 is 10.8 Å². The highest BCUT2D eigenvalue weighted by Gasteiger charge is 2.57. The fraction of sp³-hybridized carbons (Fsp3) is 0.0339. The Morgan fingerprint density at radius 2 is 0.953 bits per heavy atom. The van der Waals surface area contributed by atoms with Crippen LogP contribution in [0.15, 0.2) is 213 Å². The molecule has 0 N–H and O–H groups in total. The Morgan fingerprint density at radius 1 is 0.344 bits per heavy atom. The average molecular weight is 814 g/mol. The van der Waals surface area contributed by atoms with E-state index in [4.69, 9.17) is 9.97 Å². The summed E-state index contributed by atoms with van der Waals surface area (Å²) in [5.74, 6) is 0. The molecule has 0 amide bonds. The normalized spacial score (nSPS) is 16.3. The maximum atomic E-state index is 5.45. The Balaban J connectivity index is 1.11. The van der Waals surface area contributed by atoms with Crippen LogP contribution in [-0.2, 0) is 10.8 Å². The first-order valence-electron chi connectivity index (χ1n) is 22.0. The van der Waals surface area contributed by atoms with E-state index in [1.165, 1.54) is 55.6 Å². The lowest BCUT2D eigenvalue weighted by Crippen LogP contribution is -2.37. The van der Waals surface area contributed by atoms with Crippen LogP contribution in [0, 0.1) is 0 Å². The highest BCUT2D eigenvalue weighted by molar-refractivity contribution is 6.09. The van der Waals surface area contributed by atoms with E-state index in [1.54, 1.807) is 0 Å². The third-order valence-electron chi connectivity index (χ3n) is 14.8. The molecule has 5 nitrogen and oxygen atoms in total. The Bertz CT molecular complexity index is 3730. The molecule has 0 radical (unpaired) electrons. The molecule has 1 aliphatic heterocycles. The lowest BCUT2D eigenvalue weighted by atomic mass is 9.63. The van der Waals surface area contributed by atoms with E-state index in [0.29, 0.717) is 0 Å². The Morgan fingerprint density at radius 3 is 1.73 bits per heavy atom. The van der Waals surface area contributed by atoms with E-state index in [1.807, 2.05) is 24.8 Å². The van der Waals surface area contributed by atoms with Gasteiger partial charge in [-0.15, -0.1) is 0 Å². The summed E-state index contributed by atoms with van der Waals surface area (Å²) in [7, 11) is 0. The molecule has 4 aromatic heterocycles. The number of nitrogens with zero attached hydrogens (tertiary/aromatic N) is 5. The number of hydrogen-bond donors (Lipinski definition) is 0. The molecule has 296 valence electrons. The molecule has 5 heteroatoms. The first-order valence-corrected chi connectivity index (χ1v) is 22.0. The Hall–Kier alpha value is -8.41. The quantitative estimate of drug-likeness (QED) is 0.174. The molecule has 0 saturated carbocycles. The van der Waals surface area contributed by atoms with E-state index in [9.17, 15) is 0 Å². The molecule has 11 aromatic rings. The van der Waals surface area contributed by atoms with Crippen LogP contribution in [0.25, 0.3) is 61.1 Å². The van der Waals surface area contributed by atoms with Crippen molar-refractivity contribution < 1.29 is 0 Å². The zero-order valence-corrected chi connectivity index (χ0v) is 34.4. The molecular weight excluding hydrogens is 779 g/mol. The summed E-state index contributed by atoms with van der Waals surface area (Å²) < 4.78 is 2.35. The van der Waals surface area contributed by atoms with Gasteiger partial charge in [-0.1, -0.05) is 133 Å². The van der Waals surface area contributed by atoms with Gasteiger partial charge in [0.1, 0.15) is 0 Å². The van der Waals surface area contributed by atoms with Crippen molar-refractivity contribution >= 4 is 38.9 Å². The van der Waals surface area contributed by atoms with Gasteiger partial charge in [-0.05, 0) is 116 Å². The summed E-state index contributed by atoms with van der Waals surface area (Å²) in [6.07, 6.45) is 7.82. The zero-order chi connectivity index (χ0) is 41.7. The second kappa shape index (κ2) is 12.2. The summed E-state index contributed by atoms with van der Waals surface area (Å²) in [4.78, 5) is 17.7. The van der Waals surface area contributed by atoms with Crippen molar-refractivity contribution in [3.05, 3.63) is 257 Å². The van der Waals surface area contributed by atoms with E-state index in [-0.39, 0.29) is 0 Å². The standard InChI is InChI=1S/C59H35N5/c1-2-15-36(16-3-1)63-54-27-13-11-24-47(54)59(48-25-14-29-61-56(48)57-51(59)31-37(34-62-57)64-52-26-12-7-20-41(52)43-35-60-30-28-53(43)64)50-32-42-40-19-6-10-23-46(40)58(49(42)33-55(50)63)44-21-8-4-17-38(44)39-18-5-9-22-45(39)58/h1-35H. The van der Waals surface area contributed by atoms with Gasteiger partial charge in [0.15, 0.2) is 0 Å². The number of benzene rings is 7. The number of para-hydroxylation sites is 3. The highest BCUT2D eigenvalue weighted by Crippen LogP contribution is 2.68. The molecule has 1 unspecified atom stereocenters. The van der Waals surface area contributed by atoms with Crippen LogP contribution in [0.2, 0.25) is 0 Å². The van der Waals surface area contributed by atoms with Crippen molar-refractivity contribution in [2.45, 2.75) is 10.8 Å². The number of aromatic nitrogens is 4. The summed E-state index contributed by atoms with van der Waals surface area (Å²) in [6, 6.07) is 69.8. The predicted octanol–water partition coefficient (Wildman–Crippen LogP) is 13.5. The molecule has 5 heterocycles. The van der Waals surface area contributed by atoms with Gasteiger partial charge in [-0.2, -0.15) is 0 Å². The van der Waals surface area contributed by atoms with Crippen molar-refractivity contribution in [1.82, 2.24) is 19.5 Å². The van der Waals surface area contributed by atoms with Crippen molar-refractivity contribution in [1.29, 1.82) is 0 Å². The molecule has 7 aromatic carbocycles. The summed E-state index contributed by atoms with van der Waals surface area (Å²) in [6.45, 7) is 0. The molecule has 64 heavy (non-hydrogen) atoms. The lowest BCUT2D eigenvalue weighted by Gasteiger charge is -2.45. The third-order valence-corrected chi connectivity index (χ3v) is 14.8. The van der Waals surface area contributed by atoms with E-state index in [2.05, 4.69) is 203 Å². The predicted molar refractivity (Wildman–Crippen MR) is 256 cm³/mol. The van der Waals surface area contributed by atoms with Gasteiger partial charge in [-0.25, -0.2) is 0 Å². The van der Waals surface area contributed by atoms with E-state index in [0.717, 1.165) is 67.1 Å². The third kappa shape index (κ3) is 3.95. The minimum atomic E-state index is -0.773. The SMILES string of the molecule is c1ccc(N2c3ccccc3C3(c4cc5c(cc42)C2(c4ccccc4-c4ccccc42)c2ccccc2-5)c2cccnc2-c2ncc(-n4c5ccccc5c5cnccc54)cc23)cc1. The Kier molecular flexibility index (Phi) is 6.49. The topological polar surface area (TPSA) is 46.8 Å². The smallest absolute Gasteiger partial charge is 0.0939 e. The monoisotopic (exact) mass is 813 g/mol. The number of rotatable bonds is 2. The minimum absolute atomic E-state index is 0.506. The highest BCUT2D eigenvalue weighted by atomic mass is 15.2. The molecule has 0 saturated heterocycles.